The average Bonchev–Trinajstić information content (AvgIpc) is 3.15. The Labute approximate surface area is 178 Å². The van der Waals surface area contributed by atoms with Gasteiger partial charge < -0.3 is 24.4 Å². The number of furan rings is 1. The van der Waals surface area contributed by atoms with Crippen LogP contribution < -0.4 is 5.32 Å². The van der Waals surface area contributed by atoms with Gasteiger partial charge in [-0.25, -0.2) is 4.99 Å². The molecule has 152 valence electrons. The summed E-state index contributed by atoms with van der Waals surface area (Å²) in [6.45, 7) is 7.62. The molecule has 1 saturated heterocycles. The molecule has 2 amide bonds. The normalized spacial score (nSPS) is 14.8. The molecule has 2 rings (SSSR count). The van der Waals surface area contributed by atoms with Crippen LogP contribution in [0.1, 0.15) is 24.4 Å². The molecule has 27 heavy (non-hydrogen) atoms. The highest BCUT2D eigenvalue weighted by Gasteiger charge is 2.25. The fourth-order valence-electron chi connectivity index (χ4n) is 2.52. The van der Waals surface area contributed by atoms with Gasteiger partial charge in [-0.05, 0) is 18.1 Å². The first-order valence-electron chi connectivity index (χ1n) is 8.94. The molecule has 0 radical (unpaired) electrons. The van der Waals surface area contributed by atoms with E-state index in [1.54, 1.807) is 31.1 Å². The molecule has 0 aromatic carbocycles. The quantitative estimate of drug-likeness (QED) is 0.382. The zero-order valence-corrected chi connectivity index (χ0v) is 18.8. The van der Waals surface area contributed by atoms with Crippen LogP contribution in [0.4, 0.5) is 0 Å². The number of piperazine rings is 1. The van der Waals surface area contributed by atoms with Crippen molar-refractivity contribution < 1.29 is 14.0 Å². The molecule has 0 saturated carbocycles. The van der Waals surface area contributed by atoms with Crippen LogP contribution in [0.15, 0.2) is 27.8 Å². The Balaban J connectivity index is 0.00000364. The number of hydrogen-bond acceptors (Lipinski definition) is 4. The van der Waals surface area contributed by atoms with E-state index in [0.29, 0.717) is 37.9 Å². The zero-order chi connectivity index (χ0) is 19.1. The molecule has 0 unspecified atom stereocenters. The molecule has 1 aliphatic heterocycles. The molecule has 8 nitrogen and oxygen atoms in total. The number of rotatable bonds is 5. The minimum absolute atomic E-state index is 0. The fourth-order valence-corrected chi connectivity index (χ4v) is 2.52. The second kappa shape index (κ2) is 11.2. The first-order chi connectivity index (χ1) is 12.4. The van der Waals surface area contributed by atoms with Crippen LogP contribution in [-0.4, -0.2) is 85.8 Å². The minimum Gasteiger partial charge on any atom is -0.459 e. The van der Waals surface area contributed by atoms with Crippen LogP contribution in [0.2, 0.25) is 0 Å². The number of nitrogens with one attached hydrogen (secondary N) is 1. The van der Waals surface area contributed by atoms with Crippen molar-refractivity contribution in [3.63, 3.8) is 0 Å². The summed E-state index contributed by atoms with van der Waals surface area (Å²) >= 11 is 0. The molecule has 1 fully saturated rings. The van der Waals surface area contributed by atoms with E-state index in [-0.39, 0.29) is 42.3 Å². The lowest BCUT2D eigenvalue weighted by atomic mass is 10.2. The first kappa shape index (κ1) is 23.3. The number of guanidine groups is 1. The number of nitrogens with zero attached hydrogens (tertiary/aromatic N) is 4. The first-order valence-corrected chi connectivity index (χ1v) is 8.94. The van der Waals surface area contributed by atoms with Crippen molar-refractivity contribution >= 4 is 41.8 Å². The van der Waals surface area contributed by atoms with E-state index in [9.17, 15) is 9.59 Å². The summed E-state index contributed by atoms with van der Waals surface area (Å²) in [7, 11) is 3.44. The van der Waals surface area contributed by atoms with Gasteiger partial charge in [0.25, 0.3) is 5.91 Å². The van der Waals surface area contributed by atoms with Crippen molar-refractivity contribution in [2.75, 3.05) is 53.4 Å². The van der Waals surface area contributed by atoms with Gasteiger partial charge in [-0.15, -0.1) is 24.0 Å². The monoisotopic (exact) mass is 491 g/mol. The molecular weight excluding hydrogens is 461 g/mol. The number of hydrogen-bond donors (Lipinski definition) is 1. The Morgan fingerprint density at radius 1 is 1.22 bits per heavy atom. The topological polar surface area (TPSA) is 81.4 Å². The summed E-state index contributed by atoms with van der Waals surface area (Å²) < 4.78 is 5.19. The van der Waals surface area contributed by atoms with Crippen molar-refractivity contribution in [3.8, 4) is 0 Å². The second-order valence-electron chi connectivity index (χ2n) is 6.96. The van der Waals surface area contributed by atoms with E-state index in [1.807, 2.05) is 0 Å². The summed E-state index contributed by atoms with van der Waals surface area (Å²) in [5.74, 6) is 1.42. The molecular formula is C18H30IN5O3. The molecule has 1 N–H and O–H groups in total. The number of halogens is 1. The smallest absolute Gasteiger partial charge is 0.289 e. The van der Waals surface area contributed by atoms with Crippen molar-refractivity contribution in [1.29, 1.82) is 0 Å². The van der Waals surface area contributed by atoms with Crippen LogP contribution in [-0.2, 0) is 4.79 Å². The van der Waals surface area contributed by atoms with Gasteiger partial charge in [-0.1, -0.05) is 13.8 Å². The van der Waals surface area contributed by atoms with Crippen LogP contribution in [0.5, 0.6) is 0 Å². The molecule has 0 spiro atoms. The van der Waals surface area contributed by atoms with E-state index in [4.69, 9.17) is 4.42 Å². The largest absolute Gasteiger partial charge is 0.459 e. The standard InChI is InChI=1S/C18H29N5O3.HI/c1-14(2)12-19-18(20-13-16(24)21(3)4)23-9-7-22(8-10-23)17(25)15-6-5-11-26-15;/h5-6,11,14H,7-10,12-13H2,1-4H3,(H,19,20);1H. The Hall–Kier alpha value is -1.78. The lowest BCUT2D eigenvalue weighted by Crippen LogP contribution is -2.54. The van der Waals surface area contributed by atoms with E-state index in [0.717, 1.165) is 12.5 Å². The van der Waals surface area contributed by atoms with E-state index < -0.39 is 0 Å². The minimum atomic E-state index is -0.0916. The van der Waals surface area contributed by atoms with Crippen molar-refractivity contribution in [1.82, 2.24) is 20.0 Å². The maximum atomic E-state index is 12.4. The maximum Gasteiger partial charge on any atom is 0.289 e. The van der Waals surface area contributed by atoms with Crippen molar-refractivity contribution in [2.45, 2.75) is 13.8 Å². The van der Waals surface area contributed by atoms with E-state index in [1.165, 1.54) is 11.2 Å². The highest BCUT2D eigenvalue weighted by molar-refractivity contribution is 14.0. The number of carbonyl (C=O) groups excluding carboxylic acids is 2. The molecule has 0 aliphatic carbocycles. The van der Waals surface area contributed by atoms with Gasteiger partial charge in [-0.2, -0.15) is 0 Å². The third-order valence-corrected chi connectivity index (χ3v) is 4.13. The van der Waals surface area contributed by atoms with Crippen molar-refractivity contribution in [3.05, 3.63) is 24.2 Å². The molecule has 1 aliphatic rings. The van der Waals surface area contributed by atoms with Gasteiger partial charge in [0.2, 0.25) is 5.91 Å². The number of aliphatic imine (C=N–C) groups is 1. The van der Waals surface area contributed by atoms with Gasteiger partial charge in [0.1, 0.15) is 6.54 Å². The Bertz CT molecular complexity index is 623. The zero-order valence-electron chi connectivity index (χ0n) is 16.5. The fraction of sp³-hybridized carbons (Fsp3) is 0.611. The summed E-state index contributed by atoms with van der Waals surface area (Å²) in [6.07, 6.45) is 1.51. The van der Waals surface area contributed by atoms with E-state index >= 15 is 0 Å². The lowest BCUT2D eigenvalue weighted by molar-refractivity contribution is -0.127. The predicted octanol–water partition coefficient (Wildman–Crippen LogP) is 1.35. The SMILES string of the molecule is CC(C)CNC(=NCC(=O)N(C)C)N1CCN(C(=O)c2ccco2)CC1.I. The second-order valence-corrected chi connectivity index (χ2v) is 6.96. The average molecular weight is 491 g/mol. The number of likely N-dealkylation sites (N-methyl/N-ethyl adjacent to an activating group) is 1. The van der Waals surface area contributed by atoms with Crippen LogP contribution in [0.3, 0.4) is 0 Å². The van der Waals surface area contributed by atoms with Crippen LogP contribution in [0, 0.1) is 5.92 Å². The maximum absolute atomic E-state index is 12.4. The molecule has 1 aromatic heterocycles. The summed E-state index contributed by atoms with van der Waals surface area (Å²) in [5.41, 5.74) is 0. The van der Waals surface area contributed by atoms with Gasteiger partial charge in [0.15, 0.2) is 11.7 Å². The van der Waals surface area contributed by atoms with Crippen molar-refractivity contribution in [2.24, 2.45) is 10.9 Å². The van der Waals surface area contributed by atoms with Gasteiger partial charge >= 0.3 is 0 Å². The molecule has 1 aromatic rings. The highest BCUT2D eigenvalue weighted by Crippen LogP contribution is 2.09. The lowest BCUT2D eigenvalue weighted by Gasteiger charge is -2.36. The number of carbonyl (C=O) groups is 2. The molecule has 9 heteroatoms. The summed E-state index contributed by atoms with van der Waals surface area (Å²) in [4.78, 5) is 34.1. The van der Waals surface area contributed by atoms with E-state index in [2.05, 4.69) is 29.1 Å². The highest BCUT2D eigenvalue weighted by atomic mass is 127. The van der Waals surface area contributed by atoms with Crippen LogP contribution in [0.25, 0.3) is 0 Å². The van der Waals surface area contributed by atoms with Gasteiger partial charge in [-0.3, -0.25) is 9.59 Å². The Morgan fingerprint density at radius 3 is 2.37 bits per heavy atom. The van der Waals surface area contributed by atoms with Crippen LogP contribution >= 0.6 is 24.0 Å². The van der Waals surface area contributed by atoms with Gasteiger partial charge in [0.05, 0.1) is 6.26 Å². The predicted molar refractivity (Wildman–Crippen MR) is 115 cm³/mol. The third kappa shape index (κ3) is 7.04. The number of amides is 2. The van der Waals surface area contributed by atoms with Gasteiger partial charge in [0, 0.05) is 46.8 Å². The third-order valence-electron chi connectivity index (χ3n) is 4.13. The summed E-state index contributed by atoms with van der Waals surface area (Å²) in [6, 6.07) is 3.39. The molecule has 0 atom stereocenters. The Kier molecular flexibility index (Phi) is 9.61. The Morgan fingerprint density at radius 2 is 1.85 bits per heavy atom. The molecule has 2 heterocycles. The summed E-state index contributed by atoms with van der Waals surface area (Å²) in [5, 5.41) is 3.34. The molecule has 0 bridgehead atoms.